The van der Waals surface area contributed by atoms with Crippen LogP contribution in [-0.4, -0.2) is 31.8 Å². The fraction of sp³-hybridized carbons (Fsp3) is 0.353. The Hall–Kier alpha value is -2.83. The van der Waals surface area contributed by atoms with Gasteiger partial charge in [0.2, 0.25) is 0 Å². The minimum absolute atomic E-state index is 0.0176. The van der Waals surface area contributed by atoms with Gasteiger partial charge < -0.3 is 14.8 Å². The van der Waals surface area contributed by atoms with Gasteiger partial charge in [-0.25, -0.2) is 0 Å². The third-order valence-corrected chi connectivity index (χ3v) is 3.39. The Morgan fingerprint density at radius 3 is 2.96 bits per heavy atom. The normalized spacial score (nSPS) is 17.1. The van der Waals surface area contributed by atoms with E-state index in [1.807, 2.05) is 12.1 Å². The van der Waals surface area contributed by atoms with Crippen molar-refractivity contribution < 1.29 is 14.3 Å². The highest BCUT2D eigenvalue weighted by Gasteiger charge is 2.17. The molecule has 0 spiro atoms. The predicted octanol–water partition coefficient (Wildman–Crippen LogP) is 1.79. The van der Waals surface area contributed by atoms with Gasteiger partial charge in [0.25, 0.3) is 5.91 Å². The van der Waals surface area contributed by atoms with Crippen molar-refractivity contribution in [2.45, 2.75) is 18.9 Å². The molecule has 1 atom stereocenters. The Morgan fingerprint density at radius 2 is 2.26 bits per heavy atom. The Kier molecular flexibility index (Phi) is 6.17. The van der Waals surface area contributed by atoms with Crippen molar-refractivity contribution in [3.63, 3.8) is 0 Å². The van der Waals surface area contributed by atoms with Crippen molar-refractivity contribution in [3.05, 3.63) is 35.4 Å². The molecule has 0 aromatic heterocycles. The Bertz CT molecular complexity index is 664. The zero-order valence-corrected chi connectivity index (χ0v) is 12.6. The van der Waals surface area contributed by atoms with Gasteiger partial charge in [-0.3, -0.25) is 4.79 Å². The zero-order chi connectivity index (χ0) is 16.5. The molecule has 1 aromatic carbocycles. The van der Waals surface area contributed by atoms with Crippen LogP contribution in [-0.2, 0) is 9.53 Å². The van der Waals surface area contributed by atoms with Gasteiger partial charge in [0.15, 0.2) is 6.61 Å². The Balaban J connectivity index is 2.07. The van der Waals surface area contributed by atoms with E-state index < -0.39 is 5.91 Å². The molecule has 1 amide bonds. The van der Waals surface area contributed by atoms with E-state index in [1.54, 1.807) is 24.3 Å². The van der Waals surface area contributed by atoms with Crippen LogP contribution in [0.1, 0.15) is 18.4 Å². The predicted molar refractivity (Wildman–Crippen MR) is 83.1 cm³/mol. The number of ether oxygens (including phenoxy) is 2. The third kappa shape index (κ3) is 4.84. The summed E-state index contributed by atoms with van der Waals surface area (Å²) in [7, 11) is 0. The molecule has 1 N–H and O–H groups in total. The van der Waals surface area contributed by atoms with Gasteiger partial charge >= 0.3 is 0 Å². The summed E-state index contributed by atoms with van der Waals surface area (Å²) in [5.74, 6) is 0.00631. The molecule has 0 aliphatic carbocycles. The maximum absolute atomic E-state index is 12.1. The maximum Gasteiger partial charge on any atom is 0.262 e. The van der Waals surface area contributed by atoms with Crippen LogP contribution in [0.5, 0.6) is 5.75 Å². The monoisotopic (exact) mass is 311 g/mol. The lowest BCUT2D eigenvalue weighted by Crippen LogP contribution is -2.32. The van der Waals surface area contributed by atoms with Crippen LogP contribution in [0.15, 0.2) is 29.8 Å². The number of hydrogen-bond donors (Lipinski definition) is 1. The number of carbonyl (C=O) groups is 1. The number of benzene rings is 1. The van der Waals surface area contributed by atoms with Gasteiger partial charge in [-0.15, -0.1) is 0 Å². The van der Waals surface area contributed by atoms with Crippen molar-refractivity contribution >= 4 is 12.0 Å². The Morgan fingerprint density at radius 1 is 1.43 bits per heavy atom. The van der Waals surface area contributed by atoms with Crippen LogP contribution in [0, 0.1) is 22.7 Å². The first-order valence-corrected chi connectivity index (χ1v) is 7.35. The lowest BCUT2D eigenvalue weighted by Gasteiger charge is -2.10. The topological polar surface area (TPSA) is 95.1 Å². The van der Waals surface area contributed by atoms with E-state index in [2.05, 4.69) is 5.32 Å². The van der Waals surface area contributed by atoms with Gasteiger partial charge in [0, 0.05) is 18.7 Å². The molecule has 1 unspecified atom stereocenters. The first-order valence-electron chi connectivity index (χ1n) is 7.35. The zero-order valence-electron chi connectivity index (χ0n) is 12.6. The number of carbonyl (C=O) groups excluding carboxylic acids is 1. The summed E-state index contributed by atoms with van der Waals surface area (Å²) in [6, 6.07) is 10.7. The van der Waals surface area contributed by atoms with E-state index >= 15 is 0 Å². The molecule has 0 radical (unpaired) electrons. The van der Waals surface area contributed by atoms with Gasteiger partial charge in [0.1, 0.15) is 23.5 Å². The average Bonchev–Trinajstić information content (AvgIpc) is 3.10. The molecule has 1 heterocycles. The number of para-hydroxylation sites is 1. The van der Waals surface area contributed by atoms with Crippen LogP contribution in [0.25, 0.3) is 6.08 Å². The lowest BCUT2D eigenvalue weighted by atomic mass is 10.1. The smallest absolute Gasteiger partial charge is 0.262 e. The summed E-state index contributed by atoms with van der Waals surface area (Å²) in [6.45, 7) is 1.01. The molecular weight excluding hydrogens is 294 g/mol. The molecule has 1 saturated heterocycles. The highest BCUT2D eigenvalue weighted by molar-refractivity contribution is 6.01. The molecule has 2 rings (SSSR count). The van der Waals surface area contributed by atoms with Crippen LogP contribution in [0.2, 0.25) is 0 Å². The Labute approximate surface area is 134 Å². The second kappa shape index (κ2) is 8.57. The fourth-order valence-corrected chi connectivity index (χ4v) is 2.25. The highest BCUT2D eigenvalue weighted by atomic mass is 16.5. The van der Waals surface area contributed by atoms with Crippen molar-refractivity contribution in [1.82, 2.24) is 5.32 Å². The third-order valence-electron chi connectivity index (χ3n) is 3.39. The van der Waals surface area contributed by atoms with E-state index in [-0.39, 0.29) is 18.3 Å². The van der Waals surface area contributed by atoms with E-state index in [4.69, 9.17) is 14.7 Å². The second-order valence-electron chi connectivity index (χ2n) is 5.00. The summed E-state index contributed by atoms with van der Waals surface area (Å²) >= 11 is 0. The first-order chi connectivity index (χ1) is 11.2. The van der Waals surface area contributed by atoms with Crippen LogP contribution in [0.4, 0.5) is 0 Å². The lowest BCUT2D eigenvalue weighted by molar-refractivity contribution is -0.117. The number of nitrogens with one attached hydrogen (secondary N) is 1. The van der Waals surface area contributed by atoms with Crippen LogP contribution < -0.4 is 10.1 Å². The summed E-state index contributed by atoms with van der Waals surface area (Å²) < 4.78 is 10.7. The number of nitrogens with zero attached hydrogens (tertiary/aromatic N) is 2. The standard InChI is InChI=1S/C17H17N3O3/c18-7-9-23-16-6-2-1-4-13(16)10-14(11-19)17(21)20-12-15-5-3-8-22-15/h1-2,4,6,10,15H,3,5,8-9,12H2,(H,20,21). The maximum atomic E-state index is 12.1. The molecule has 1 aromatic rings. The molecule has 118 valence electrons. The van der Waals surface area contributed by atoms with Crippen molar-refractivity contribution in [2.24, 2.45) is 0 Å². The number of amides is 1. The van der Waals surface area contributed by atoms with E-state index in [9.17, 15) is 10.1 Å². The van der Waals surface area contributed by atoms with Gasteiger partial charge in [-0.05, 0) is 25.0 Å². The van der Waals surface area contributed by atoms with E-state index in [1.165, 1.54) is 6.08 Å². The molecule has 1 fully saturated rings. The summed E-state index contributed by atoms with van der Waals surface area (Å²) in [6.07, 6.45) is 3.38. The van der Waals surface area contributed by atoms with E-state index in [0.717, 1.165) is 12.8 Å². The average molecular weight is 311 g/mol. The molecular formula is C17H17N3O3. The second-order valence-corrected chi connectivity index (χ2v) is 5.00. The van der Waals surface area contributed by atoms with Crippen molar-refractivity contribution in [1.29, 1.82) is 10.5 Å². The number of rotatable bonds is 6. The molecule has 1 aliphatic heterocycles. The number of nitriles is 2. The van der Waals surface area contributed by atoms with Crippen LogP contribution >= 0.6 is 0 Å². The van der Waals surface area contributed by atoms with Gasteiger partial charge in [-0.2, -0.15) is 10.5 Å². The van der Waals surface area contributed by atoms with Gasteiger partial charge in [-0.1, -0.05) is 18.2 Å². The molecule has 6 nitrogen and oxygen atoms in total. The minimum Gasteiger partial charge on any atom is -0.478 e. The molecule has 23 heavy (non-hydrogen) atoms. The molecule has 1 aliphatic rings. The van der Waals surface area contributed by atoms with Crippen LogP contribution in [0.3, 0.4) is 0 Å². The van der Waals surface area contributed by atoms with Gasteiger partial charge in [0.05, 0.1) is 6.10 Å². The largest absolute Gasteiger partial charge is 0.478 e. The molecule has 0 bridgehead atoms. The summed E-state index contributed by atoms with van der Waals surface area (Å²) in [5.41, 5.74) is 0.558. The molecule has 0 saturated carbocycles. The highest BCUT2D eigenvalue weighted by Crippen LogP contribution is 2.21. The fourth-order valence-electron chi connectivity index (χ4n) is 2.25. The van der Waals surface area contributed by atoms with E-state index in [0.29, 0.717) is 24.5 Å². The van der Waals surface area contributed by atoms with Crippen molar-refractivity contribution in [3.8, 4) is 17.9 Å². The van der Waals surface area contributed by atoms with Crippen molar-refractivity contribution in [2.75, 3.05) is 19.8 Å². The summed E-state index contributed by atoms with van der Waals surface area (Å²) in [4.78, 5) is 12.1. The molecule has 6 heteroatoms. The minimum atomic E-state index is -0.446. The first kappa shape index (κ1) is 16.5. The number of hydrogen-bond acceptors (Lipinski definition) is 5. The summed E-state index contributed by atoms with van der Waals surface area (Å²) in [5, 5.41) is 20.5. The SMILES string of the molecule is N#CCOc1ccccc1C=C(C#N)C(=O)NCC1CCCO1. The quantitative estimate of drug-likeness (QED) is 0.638.